The van der Waals surface area contributed by atoms with Crippen molar-refractivity contribution < 1.29 is 28.2 Å². The summed E-state index contributed by atoms with van der Waals surface area (Å²) in [5.41, 5.74) is 0.811. The first-order valence-corrected chi connectivity index (χ1v) is 8.21. The lowest BCUT2D eigenvalue weighted by atomic mass is 10.2. The molecule has 3 rings (SSSR count). The smallest absolute Gasteiger partial charge is 0.414 e. The highest BCUT2D eigenvalue weighted by Gasteiger charge is 2.32. The summed E-state index contributed by atoms with van der Waals surface area (Å²) < 4.78 is 25.0. The Hall–Kier alpha value is -3.42. The normalized spacial score (nSPS) is 16.0. The molecule has 2 aromatic rings. The largest absolute Gasteiger partial charge is 0.454 e. The number of aldehydes is 1. The number of halogens is 1. The third kappa shape index (κ3) is 4.41. The Bertz CT molecular complexity index is 869. The first kappa shape index (κ1) is 18.4. The van der Waals surface area contributed by atoms with Gasteiger partial charge in [0.15, 0.2) is 11.6 Å². The number of hydrogen-bond donors (Lipinski definition) is 1. The van der Waals surface area contributed by atoms with Crippen LogP contribution in [0.3, 0.4) is 0 Å². The molecule has 1 aliphatic rings. The second-order valence-corrected chi connectivity index (χ2v) is 5.96. The highest BCUT2D eigenvalue weighted by Crippen LogP contribution is 2.30. The minimum absolute atomic E-state index is 0.0139. The Kier molecular flexibility index (Phi) is 5.35. The summed E-state index contributed by atoms with van der Waals surface area (Å²) >= 11 is 0. The van der Waals surface area contributed by atoms with E-state index < -0.39 is 18.0 Å². The SMILES string of the molecule is CC(=O)NC[C@H]1CN(c2ccc(Oc3ccc(C=O)cc3)c(F)c2)C(=O)O1. The quantitative estimate of drug-likeness (QED) is 0.788. The molecule has 1 saturated heterocycles. The summed E-state index contributed by atoms with van der Waals surface area (Å²) in [6, 6.07) is 10.4. The van der Waals surface area contributed by atoms with Crippen LogP contribution in [0.25, 0.3) is 0 Å². The maximum atomic E-state index is 14.4. The van der Waals surface area contributed by atoms with E-state index in [1.165, 1.54) is 24.0 Å². The predicted molar refractivity (Wildman–Crippen MR) is 94.6 cm³/mol. The fourth-order valence-corrected chi connectivity index (χ4v) is 2.58. The van der Waals surface area contributed by atoms with Gasteiger partial charge < -0.3 is 14.8 Å². The fourth-order valence-electron chi connectivity index (χ4n) is 2.58. The van der Waals surface area contributed by atoms with Gasteiger partial charge in [-0.25, -0.2) is 9.18 Å². The van der Waals surface area contributed by atoms with E-state index >= 15 is 0 Å². The van der Waals surface area contributed by atoms with Crippen molar-refractivity contribution in [3.63, 3.8) is 0 Å². The highest BCUT2D eigenvalue weighted by atomic mass is 19.1. The molecular formula is C19H17FN2O5. The van der Waals surface area contributed by atoms with Crippen LogP contribution in [0.2, 0.25) is 0 Å². The first-order chi connectivity index (χ1) is 13.0. The Labute approximate surface area is 154 Å². The number of anilines is 1. The van der Waals surface area contributed by atoms with Gasteiger partial charge in [-0.15, -0.1) is 0 Å². The zero-order chi connectivity index (χ0) is 19.4. The molecule has 1 atom stereocenters. The number of cyclic esters (lactones) is 1. The highest BCUT2D eigenvalue weighted by molar-refractivity contribution is 5.90. The minimum Gasteiger partial charge on any atom is -0.454 e. The molecule has 0 unspecified atom stereocenters. The molecule has 7 nitrogen and oxygen atoms in total. The van der Waals surface area contributed by atoms with Crippen LogP contribution in [0.5, 0.6) is 11.5 Å². The van der Waals surface area contributed by atoms with Gasteiger partial charge in [-0.1, -0.05) is 0 Å². The number of ether oxygens (including phenoxy) is 2. The van der Waals surface area contributed by atoms with Gasteiger partial charge in [0.1, 0.15) is 18.1 Å². The van der Waals surface area contributed by atoms with E-state index in [0.29, 0.717) is 23.3 Å². The lowest BCUT2D eigenvalue weighted by molar-refractivity contribution is -0.119. The summed E-state index contributed by atoms with van der Waals surface area (Å²) in [6.45, 7) is 1.76. The number of nitrogens with one attached hydrogen (secondary N) is 1. The van der Waals surface area contributed by atoms with E-state index in [4.69, 9.17) is 9.47 Å². The summed E-state index contributed by atoms with van der Waals surface area (Å²) in [7, 11) is 0. The number of carbonyl (C=O) groups is 3. The van der Waals surface area contributed by atoms with E-state index in [0.717, 1.165) is 0 Å². The van der Waals surface area contributed by atoms with Crippen LogP contribution in [0.4, 0.5) is 14.9 Å². The zero-order valence-corrected chi connectivity index (χ0v) is 14.5. The van der Waals surface area contributed by atoms with E-state index in [1.54, 1.807) is 30.3 Å². The molecule has 0 aromatic heterocycles. The molecule has 0 bridgehead atoms. The molecule has 0 spiro atoms. The van der Waals surface area contributed by atoms with Gasteiger partial charge in [0.05, 0.1) is 18.8 Å². The van der Waals surface area contributed by atoms with Crippen LogP contribution in [0.1, 0.15) is 17.3 Å². The first-order valence-electron chi connectivity index (χ1n) is 8.21. The molecule has 1 fully saturated rings. The Morgan fingerprint density at radius 3 is 2.70 bits per heavy atom. The number of nitrogens with zero attached hydrogens (tertiary/aromatic N) is 1. The van der Waals surface area contributed by atoms with Gasteiger partial charge in [0, 0.05) is 18.6 Å². The average molecular weight is 372 g/mol. The van der Waals surface area contributed by atoms with Crippen molar-refractivity contribution in [1.82, 2.24) is 5.32 Å². The minimum atomic E-state index is -0.648. The Morgan fingerprint density at radius 2 is 2.07 bits per heavy atom. The summed E-state index contributed by atoms with van der Waals surface area (Å²) in [5, 5.41) is 2.58. The topological polar surface area (TPSA) is 84.9 Å². The Morgan fingerprint density at radius 1 is 1.33 bits per heavy atom. The molecule has 0 saturated carbocycles. The van der Waals surface area contributed by atoms with Crippen LogP contribution >= 0.6 is 0 Å². The van der Waals surface area contributed by atoms with Crippen molar-refractivity contribution in [3.8, 4) is 11.5 Å². The fraction of sp³-hybridized carbons (Fsp3) is 0.211. The van der Waals surface area contributed by atoms with Crippen LogP contribution in [-0.4, -0.2) is 37.5 Å². The molecule has 140 valence electrons. The van der Waals surface area contributed by atoms with Crippen LogP contribution in [0.15, 0.2) is 42.5 Å². The van der Waals surface area contributed by atoms with Gasteiger partial charge in [0.25, 0.3) is 0 Å². The predicted octanol–water partition coefficient (Wildman–Crippen LogP) is 2.89. The van der Waals surface area contributed by atoms with Gasteiger partial charge in [-0.2, -0.15) is 0 Å². The van der Waals surface area contributed by atoms with Gasteiger partial charge in [-0.05, 0) is 36.4 Å². The maximum absolute atomic E-state index is 14.4. The van der Waals surface area contributed by atoms with Gasteiger partial charge in [0.2, 0.25) is 5.91 Å². The number of rotatable bonds is 6. The van der Waals surface area contributed by atoms with Crippen molar-refractivity contribution in [3.05, 3.63) is 53.8 Å². The monoisotopic (exact) mass is 372 g/mol. The van der Waals surface area contributed by atoms with Crippen molar-refractivity contribution >= 4 is 24.0 Å². The second-order valence-electron chi connectivity index (χ2n) is 5.96. The van der Waals surface area contributed by atoms with Gasteiger partial charge >= 0.3 is 6.09 Å². The van der Waals surface area contributed by atoms with Crippen LogP contribution in [-0.2, 0) is 9.53 Å². The molecule has 1 N–H and O–H groups in total. The third-order valence-electron chi connectivity index (χ3n) is 3.92. The maximum Gasteiger partial charge on any atom is 0.414 e. The van der Waals surface area contributed by atoms with E-state index in [1.807, 2.05) is 0 Å². The molecule has 2 aromatic carbocycles. The van der Waals surface area contributed by atoms with Crippen LogP contribution in [0, 0.1) is 5.82 Å². The van der Waals surface area contributed by atoms with Crippen molar-refractivity contribution in [2.45, 2.75) is 13.0 Å². The molecule has 27 heavy (non-hydrogen) atoms. The molecule has 0 radical (unpaired) electrons. The third-order valence-corrected chi connectivity index (χ3v) is 3.92. The summed E-state index contributed by atoms with van der Waals surface area (Å²) in [4.78, 5) is 34.9. The summed E-state index contributed by atoms with van der Waals surface area (Å²) in [6.07, 6.45) is -0.410. The number of benzene rings is 2. The zero-order valence-electron chi connectivity index (χ0n) is 14.5. The number of amides is 2. The molecule has 0 aliphatic carbocycles. The lowest BCUT2D eigenvalue weighted by Gasteiger charge is -2.14. The van der Waals surface area contributed by atoms with Crippen molar-refractivity contribution in [2.24, 2.45) is 0 Å². The number of hydrogen-bond acceptors (Lipinski definition) is 5. The Balaban J connectivity index is 1.69. The number of carbonyl (C=O) groups excluding carboxylic acids is 3. The summed E-state index contributed by atoms with van der Waals surface area (Å²) in [5.74, 6) is -0.508. The molecule has 1 heterocycles. The van der Waals surface area contributed by atoms with E-state index in [-0.39, 0.29) is 24.7 Å². The van der Waals surface area contributed by atoms with E-state index in [9.17, 15) is 18.8 Å². The van der Waals surface area contributed by atoms with Crippen molar-refractivity contribution in [1.29, 1.82) is 0 Å². The van der Waals surface area contributed by atoms with E-state index in [2.05, 4.69) is 5.32 Å². The van der Waals surface area contributed by atoms with Crippen molar-refractivity contribution in [2.75, 3.05) is 18.0 Å². The van der Waals surface area contributed by atoms with Gasteiger partial charge in [-0.3, -0.25) is 14.5 Å². The average Bonchev–Trinajstić information content (AvgIpc) is 3.03. The molecule has 2 amide bonds. The lowest BCUT2D eigenvalue weighted by Crippen LogP contribution is -2.33. The standard InChI is InChI=1S/C19H17FN2O5/c1-12(24)21-9-16-10-22(19(25)27-16)14-4-7-18(17(20)8-14)26-15-5-2-13(11-23)3-6-15/h2-8,11,16H,9-10H2,1H3,(H,21,24)/t16-/m0/s1. The van der Waals surface area contributed by atoms with Crippen LogP contribution < -0.4 is 15.0 Å². The molecule has 8 heteroatoms. The molecular weight excluding hydrogens is 355 g/mol. The molecule has 1 aliphatic heterocycles. The second kappa shape index (κ2) is 7.86.